The minimum atomic E-state index is -3.91. The summed E-state index contributed by atoms with van der Waals surface area (Å²) >= 11 is 8.97. The van der Waals surface area contributed by atoms with Crippen LogP contribution in [0, 0.1) is 5.82 Å². The highest BCUT2D eigenvalue weighted by atomic mass is 79.9. The molecule has 3 N–H and O–H groups in total. The monoisotopic (exact) mass is 378 g/mol. The van der Waals surface area contributed by atoms with Crippen LogP contribution in [0.25, 0.3) is 0 Å². The van der Waals surface area contributed by atoms with Crippen molar-refractivity contribution in [2.75, 3.05) is 10.5 Å². The van der Waals surface area contributed by atoms with Crippen molar-refractivity contribution in [2.45, 2.75) is 4.90 Å². The van der Waals surface area contributed by atoms with Crippen LogP contribution in [0.15, 0.2) is 45.8 Å². The Bertz CT molecular complexity index is 768. The number of sulfonamides is 1. The van der Waals surface area contributed by atoms with Crippen molar-refractivity contribution in [1.82, 2.24) is 0 Å². The van der Waals surface area contributed by atoms with Gasteiger partial charge in [0, 0.05) is 9.50 Å². The van der Waals surface area contributed by atoms with Crippen molar-refractivity contribution < 1.29 is 12.8 Å². The first-order valence-corrected chi connectivity index (χ1v) is 7.98. The fourth-order valence-corrected chi connectivity index (χ4v) is 3.46. The number of anilines is 2. The van der Waals surface area contributed by atoms with Crippen LogP contribution in [0.5, 0.6) is 0 Å². The Morgan fingerprint density at radius 1 is 1.20 bits per heavy atom. The summed E-state index contributed by atoms with van der Waals surface area (Å²) in [5.74, 6) is -0.789. The van der Waals surface area contributed by atoms with Gasteiger partial charge in [-0.2, -0.15) is 0 Å². The summed E-state index contributed by atoms with van der Waals surface area (Å²) in [5, 5.41) is 0.457. The summed E-state index contributed by atoms with van der Waals surface area (Å²) in [7, 11) is -3.91. The molecule has 0 fully saturated rings. The highest BCUT2D eigenvalue weighted by Crippen LogP contribution is 2.28. The number of rotatable bonds is 3. The lowest BCUT2D eigenvalue weighted by Gasteiger charge is -2.10. The van der Waals surface area contributed by atoms with Crippen molar-refractivity contribution in [3.63, 3.8) is 0 Å². The van der Waals surface area contributed by atoms with Crippen molar-refractivity contribution in [1.29, 1.82) is 0 Å². The first kappa shape index (κ1) is 15.1. The average molecular weight is 380 g/mol. The van der Waals surface area contributed by atoms with E-state index in [-0.39, 0.29) is 10.6 Å². The summed E-state index contributed by atoms with van der Waals surface area (Å²) in [6, 6.07) is 7.86. The van der Waals surface area contributed by atoms with Crippen molar-refractivity contribution >= 4 is 48.9 Å². The zero-order valence-corrected chi connectivity index (χ0v) is 13.1. The van der Waals surface area contributed by atoms with Crippen LogP contribution in [0.4, 0.5) is 15.8 Å². The maximum atomic E-state index is 13.3. The molecule has 8 heteroatoms. The lowest BCUT2D eigenvalue weighted by Crippen LogP contribution is -2.13. The molecule has 0 aliphatic rings. The number of nitrogens with one attached hydrogen (secondary N) is 1. The van der Waals surface area contributed by atoms with E-state index in [9.17, 15) is 12.8 Å². The molecular formula is C12H9BrClFN2O2S. The van der Waals surface area contributed by atoms with Crippen molar-refractivity contribution in [2.24, 2.45) is 0 Å². The summed E-state index contributed by atoms with van der Waals surface area (Å²) in [5.41, 5.74) is 5.50. The van der Waals surface area contributed by atoms with E-state index in [1.165, 1.54) is 24.3 Å². The Labute approximate surface area is 128 Å². The van der Waals surface area contributed by atoms with Gasteiger partial charge >= 0.3 is 0 Å². The number of hydrogen-bond donors (Lipinski definition) is 2. The Kier molecular flexibility index (Phi) is 4.22. The maximum Gasteiger partial charge on any atom is 0.262 e. The van der Waals surface area contributed by atoms with Crippen LogP contribution in [0.2, 0.25) is 5.02 Å². The standard InChI is InChI=1S/C12H9BrClFN2O2S/c13-9-5-7(14)1-4-12(9)17-20(18,19)8-2-3-11(16)10(15)6-8/h1-6,17H,16H2. The molecule has 0 bridgehead atoms. The van der Waals surface area contributed by atoms with E-state index >= 15 is 0 Å². The Morgan fingerprint density at radius 3 is 2.50 bits per heavy atom. The van der Waals surface area contributed by atoms with Gasteiger partial charge in [-0.3, -0.25) is 4.72 Å². The third-order valence-corrected chi connectivity index (χ3v) is 4.71. The van der Waals surface area contributed by atoms with Crippen LogP contribution in [0.3, 0.4) is 0 Å². The first-order chi connectivity index (χ1) is 9.29. The van der Waals surface area contributed by atoms with Crippen LogP contribution in [-0.2, 0) is 10.0 Å². The molecule has 0 aliphatic heterocycles. The average Bonchev–Trinajstić information content (AvgIpc) is 2.36. The summed E-state index contributed by atoms with van der Waals surface area (Å²) in [6.45, 7) is 0. The highest BCUT2D eigenvalue weighted by molar-refractivity contribution is 9.10. The first-order valence-electron chi connectivity index (χ1n) is 5.32. The van der Waals surface area contributed by atoms with E-state index in [2.05, 4.69) is 20.7 Å². The smallest absolute Gasteiger partial charge is 0.262 e. The van der Waals surface area contributed by atoms with E-state index in [0.29, 0.717) is 15.2 Å². The van der Waals surface area contributed by atoms with Gasteiger partial charge in [-0.1, -0.05) is 11.6 Å². The molecule has 0 unspecified atom stereocenters. The molecule has 20 heavy (non-hydrogen) atoms. The molecule has 2 aromatic carbocycles. The number of benzene rings is 2. The fraction of sp³-hybridized carbons (Fsp3) is 0. The van der Waals surface area contributed by atoms with Gasteiger partial charge in [0.05, 0.1) is 16.3 Å². The lowest BCUT2D eigenvalue weighted by atomic mass is 10.3. The Morgan fingerprint density at radius 2 is 1.90 bits per heavy atom. The Balaban J connectivity index is 2.38. The van der Waals surface area contributed by atoms with E-state index in [1.54, 1.807) is 6.07 Å². The zero-order valence-electron chi connectivity index (χ0n) is 9.90. The second-order valence-corrected chi connectivity index (χ2v) is 6.89. The molecule has 106 valence electrons. The molecule has 2 aromatic rings. The van der Waals surface area contributed by atoms with E-state index in [1.807, 2.05) is 0 Å². The summed E-state index contributed by atoms with van der Waals surface area (Å²) in [4.78, 5) is -0.217. The molecular weight excluding hydrogens is 371 g/mol. The third kappa shape index (κ3) is 3.23. The number of halogens is 3. The second-order valence-electron chi connectivity index (χ2n) is 3.91. The van der Waals surface area contributed by atoms with Gasteiger partial charge in [-0.25, -0.2) is 12.8 Å². The summed E-state index contributed by atoms with van der Waals surface area (Å²) in [6.07, 6.45) is 0. The predicted octanol–water partition coefficient (Wildman–Crippen LogP) is 3.62. The molecule has 0 aliphatic carbocycles. The van der Waals surface area contributed by atoms with Crippen LogP contribution >= 0.6 is 27.5 Å². The number of hydrogen-bond acceptors (Lipinski definition) is 3. The summed E-state index contributed by atoms with van der Waals surface area (Å²) < 4.78 is 40.4. The SMILES string of the molecule is Nc1ccc(S(=O)(=O)Nc2ccc(Cl)cc2Br)cc1F. The van der Waals surface area contributed by atoms with E-state index in [4.69, 9.17) is 17.3 Å². The fourth-order valence-electron chi connectivity index (χ4n) is 1.45. The van der Waals surface area contributed by atoms with E-state index in [0.717, 1.165) is 6.07 Å². The largest absolute Gasteiger partial charge is 0.396 e. The van der Waals surface area contributed by atoms with Gasteiger partial charge in [0.15, 0.2) is 0 Å². The van der Waals surface area contributed by atoms with Gasteiger partial charge in [0.2, 0.25) is 0 Å². The molecule has 4 nitrogen and oxygen atoms in total. The van der Waals surface area contributed by atoms with Crippen molar-refractivity contribution in [3.05, 3.63) is 51.7 Å². The normalized spacial score (nSPS) is 11.3. The molecule has 0 aromatic heterocycles. The molecule has 0 saturated heterocycles. The molecule has 0 amide bonds. The topological polar surface area (TPSA) is 72.2 Å². The molecule has 0 atom stereocenters. The van der Waals surface area contributed by atoms with E-state index < -0.39 is 15.8 Å². The molecule has 2 rings (SSSR count). The molecule has 0 saturated carbocycles. The second kappa shape index (κ2) is 5.59. The van der Waals surface area contributed by atoms with Gasteiger partial charge < -0.3 is 5.73 Å². The predicted molar refractivity (Wildman–Crippen MR) is 80.8 cm³/mol. The van der Waals surface area contributed by atoms with Crippen LogP contribution < -0.4 is 10.5 Å². The lowest BCUT2D eigenvalue weighted by molar-refractivity contribution is 0.596. The van der Waals surface area contributed by atoms with Crippen molar-refractivity contribution in [3.8, 4) is 0 Å². The Hall–Kier alpha value is -1.31. The highest BCUT2D eigenvalue weighted by Gasteiger charge is 2.17. The van der Waals surface area contributed by atoms with Crippen LogP contribution in [-0.4, -0.2) is 8.42 Å². The maximum absolute atomic E-state index is 13.3. The molecule has 0 spiro atoms. The van der Waals surface area contributed by atoms with Gasteiger partial charge in [-0.05, 0) is 52.3 Å². The van der Waals surface area contributed by atoms with Gasteiger partial charge in [0.25, 0.3) is 10.0 Å². The molecule has 0 heterocycles. The quantitative estimate of drug-likeness (QED) is 0.800. The minimum absolute atomic E-state index is 0.114. The number of nitrogens with two attached hydrogens (primary N) is 1. The van der Waals surface area contributed by atoms with Crippen LogP contribution in [0.1, 0.15) is 0 Å². The zero-order chi connectivity index (χ0) is 14.9. The third-order valence-electron chi connectivity index (χ3n) is 2.46. The molecule has 0 radical (unpaired) electrons. The van der Waals surface area contributed by atoms with Gasteiger partial charge in [0.1, 0.15) is 5.82 Å². The minimum Gasteiger partial charge on any atom is -0.396 e. The number of nitrogen functional groups attached to an aromatic ring is 1. The van der Waals surface area contributed by atoms with Gasteiger partial charge in [-0.15, -0.1) is 0 Å².